The van der Waals surface area contributed by atoms with Crippen molar-refractivity contribution in [2.45, 2.75) is 6.92 Å². The van der Waals surface area contributed by atoms with Crippen LogP contribution in [0.3, 0.4) is 0 Å². The number of hydrogen-bond donors (Lipinski definition) is 1. The molecule has 0 fully saturated rings. The number of nitrogens with one attached hydrogen (secondary N) is 1. The lowest BCUT2D eigenvalue weighted by atomic mass is 10.2. The number of carbonyl (C=O) groups is 1. The van der Waals surface area contributed by atoms with E-state index in [0.29, 0.717) is 9.84 Å². The lowest BCUT2D eigenvalue weighted by Crippen LogP contribution is -2.11. The predicted octanol–water partition coefficient (Wildman–Crippen LogP) is 1.71. The third-order valence-corrected chi connectivity index (χ3v) is 3.72. The van der Waals surface area contributed by atoms with Crippen molar-refractivity contribution in [3.8, 4) is 0 Å². The van der Waals surface area contributed by atoms with Crippen LogP contribution in [0.2, 0.25) is 0 Å². The molecule has 0 aliphatic rings. The second-order valence-electron chi connectivity index (χ2n) is 4.19. The average molecular weight is 286 g/mol. The van der Waals surface area contributed by atoms with Crippen molar-refractivity contribution >= 4 is 27.9 Å². The Morgan fingerprint density at radius 1 is 1.35 bits per heavy atom. The van der Waals surface area contributed by atoms with E-state index in [2.05, 4.69) is 15.4 Å². The quantitative estimate of drug-likeness (QED) is 0.778. The third kappa shape index (κ3) is 2.30. The molecule has 0 bridgehead atoms. The van der Waals surface area contributed by atoms with Gasteiger partial charge in [0.25, 0.3) is 11.5 Å². The lowest BCUT2D eigenvalue weighted by molar-refractivity contribution is 0.103. The molecule has 0 aliphatic carbocycles. The van der Waals surface area contributed by atoms with Gasteiger partial charge in [0.2, 0.25) is 4.96 Å². The molecule has 0 aliphatic heterocycles. The molecule has 20 heavy (non-hydrogen) atoms. The average Bonchev–Trinajstić information content (AvgIpc) is 2.84. The maximum atomic E-state index is 12.2. The van der Waals surface area contributed by atoms with E-state index in [0.717, 1.165) is 28.8 Å². The standard InChI is InChI=1S/C13H10N4O2S/c1-8-4-2-3-5-9(8)15-12(19)10-7-17-13(20-10)16-11(18)6-14-17/h2-7H,1H3,(H,15,19). The zero-order valence-electron chi connectivity index (χ0n) is 10.5. The number of benzene rings is 1. The Morgan fingerprint density at radius 2 is 2.15 bits per heavy atom. The number of thiazole rings is 1. The van der Waals surface area contributed by atoms with Crippen LogP contribution in [0.25, 0.3) is 4.96 Å². The van der Waals surface area contributed by atoms with Gasteiger partial charge < -0.3 is 5.32 Å². The molecule has 0 radical (unpaired) electrons. The van der Waals surface area contributed by atoms with E-state index in [-0.39, 0.29) is 5.91 Å². The van der Waals surface area contributed by atoms with Gasteiger partial charge in [-0.3, -0.25) is 9.59 Å². The Kier molecular flexibility index (Phi) is 3.03. The highest BCUT2D eigenvalue weighted by atomic mass is 32.1. The van der Waals surface area contributed by atoms with Gasteiger partial charge >= 0.3 is 0 Å². The topological polar surface area (TPSA) is 76.4 Å². The predicted molar refractivity (Wildman–Crippen MR) is 76.3 cm³/mol. The SMILES string of the molecule is Cc1ccccc1NC(=O)c1cn2ncc(=O)nc2s1. The second-order valence-corrected chi connectivity index (χ2v) is 5.20. The monoisotopic (exact) mass is 286 g/mol. The van der Waals surface area contributed by atoms with Gasteiger partial charge in [0.15, 0.2) is 0 Å². The number of aromatic nitrogens is 3. The Bertz CT molecular complexity index is 853. The summed E-state index contributed by atoms with van der Waals surface area (Å²) in [6.45, 7) is 1.92. The van der Waals surface area contributed by atoms with E-state index in [4.69, 9.17) is 0 Å². The van der Waals surface area contributed by atoms with Gasteiger partial charge in [-0.05, 0) is 18.6 Å². The molecule has 1 N–H and O–H groups in total. The first-order valence-electron chi connectivity index (χ1n) is 5.86. The molecule has 1 amide bonds. The van der Waals surface area contributed by atoms with Gasteiger partial charge in [0.05, 0.1) is 6.20 Å². The molecule has 0 saturated carbocycles. The molecule has 7 heteroatoms. The minimum Gasteiger partial charge on any atom is -0.321 e. The molecule has 3 rings (SSSR count). The second kappa shape index (κ2) is 4.86. The largest absolute Gasteiger partial charge is 0.321 e. The molecule has 2 aromatic heterocycles. The highest BCUT2D eigenvalue weighted by molar-refractivity contribution is 7.18. The normalized spacial score (nSPS) is 10.7. The Balaban J connectivity index is 1.93. The fourth-order valence-electron chi connectivity index (χ4n) is 1.73. The molecule has 100 valence electrons. The van der Waals surface area contributed by atoms with Gasteiger partial charge in [-0.2, -0.15) is 10.1 Å². The maximum Gasteiger partial charge on any atom is 0.292 e. The molecule has 6 nitrogen and oxygen atoms in total. The minimum absolute atomic E-state index is 0.246. The zero-order valence-corrected chi connectivity index (χ0v) is 11.3. The van der Waals surface area contributed by atoms with E-state index in [1.807, 2.05) is 31.2 Å². The van der Waals surface area contributed by atoms with Crippen molar-refractivity contribution in [1.82, 2.24) is 14.6 Å². The summed E-state index contributed by atoms with van der Waals surface area (Å²) in [5.41, 5.74) is 1.32. The summed E-state index contributed by atoms with van der Waals surface area (Å²) in [5, 5.41) is 6.71. The number of hydrogen-bond acceptors (Lipinski definition) is 5. The highest BCUT2D eigenvalue weighted by Crippen LogP contribution is 2.18. The molecular weight excluding hydrogens is 276 g/mol. The van der Waals surface area contributed by atoms with Gasteiger partial charge in [-0.1, -0.05) is 29.5 Å². The number of amides is 1. The summed E-state index contributed by atoms with van der Waals surface area (Å²) in [4.78, 5) is 27.9. The van der Waals surface area contributed by atoms with Crippen molar-refractivity contribution < 1.29 is 4.79 Å². The van der Waals surface area contributed by atoms with Crippen LogP contribution in [0.1, 0.15) is 15.2 Å². The first-order chi connectivity index (χ1) is 9.63. The molecule has 0 unspecified atom stereocenters. The molecule has 0 atom stereocenters. The summed E-state index contributed by atoms with van der Waals surface area (Å²) in [6.07, 6.45) is 2.67. The van der Waals surface area contributed by atoms with Crippen molar-refractivity contribution in [3.63, 3.8) is 0 Å². The fourth-order valence-corrected chi connectivity index (χ4v) is 2.55. The number of aryl methyl sites for hydroxylation is 1. The number of rotatable bonds is 2. The van der Waals surface area contributed by atoms with Crippen LogP contribution >= 0.6 is 11.3 Å². The zero-order chi connectivity index (χ0) is 14.1. The van der Waals surface area contributed by atoms with Crippen LogP contribution < -0.4 is 10.9 Å². The molecule has 3 aromatic rings. The number of fused-ring (bicyclic) bond motifs is 1. The molecule has 1 aromatic carbocycles. The Hall–Kier alpha value is -2.54. The van der Waals surface area contributed by atoms with Crippen molar-refractivity contribution in [1.29, 1.82) is 0 Å². The number of carbonyl (C=O) groups excluding carboxylic acids is 1. The van der Waals surface area contributed by atoms with Gasteiger partial charge in [-0.25, -0.2) is 4.52 Å². The summed E-state index contributed by atoms with van der Waals surface area (Å²) in [5.74, 6) is -0.246. The van der Waals surface area contributed by atoms with Crippen LogP contribution in [0.15, 0.2) is 41.5 Å². The Morgan fingerprint density at radius 3 is 2.95 bits per heavy atom. The van der Waals surface area contributed by atoms with Crippen LogP contribution in [0.5, 0.6) is 0 Å². The van der Waals surface area contributed by atoms with E-state index < -0.39 is 5.56 Å². The highest BCUT2D eigenvalue weighted by Gasteiger charge is 2.12. The van der Waals surface area contributed by atoms with Crippen LogP contribution in [0, 0.1) is 6.92 Å². The third-order valence-electron chi connectivity index (χ3n) is 2.75. The molecule has 0 spiro atoms. The van der Waals surface area contributed by atoms with Gasteiger partial charge in [0, 0.05) is 5.69 Å². The molecule has 2 heterocycles. The maximum absolute atomic E-state index is 12.2. The summed E-state index contributed by atoms with van der Waals surface area (Å²) >= 11 is 1.12. The number of nitrogens with zero attached hydrogens (tertiary/aromatic N) is 3. The van der Waals surface area contributed by atoms with Gasteiger partial charge in [0.1, 0.15) is 11.1 Å². The van der Waals surface area contributed by atoms with E-state index >= 15 is 0 Å². The molecular formula is C13H10N4O2S. The van der Waals surface area contributed by atoms with Crippen molar-refractivity contribution in [2.75, 3.05) is 5.32 Å². The number of anilines is 1. The first kappa shape index (κ1) is 12.5. The van der Waals surface area contributed by atoms with Crippen molar-refractivity contribution in [2.24, 2.45) is 0 Å². The smallest absolute Gasteiger partial charge is 0.292 e. The Labute approximate surface area is 117 Å². The summed E-state index contributed by atoms with van der Waals surface area (Å²) in [6, 6.07) is 7.51. The number of para-hydroxylation sites is 1. The van der Waals surface area contributed by atoms with Crippen LogP contribution in [0.4, 0.5) is 5.69 Å². The summed E-state index contributed by atoms with van der Waals surface area (Å²) < 4.78 is 1.42. The minimum atomic E-state index is -0.419. The van der Waals surface area contributed by atoms with Gasteiger partial charge in [-0.15, -0.1) is 0 Å². The molecule has 0 saturated heterocycles. The fraction of sp³-hybridized carbons (Fsp3) is 0.0769. The van der Waals surface area contributed by atoms with Crippen LogP contribution in [-0.4, -0.2) is 20.5 Å². The first-order valence-corrected chi connectivity index (χ1v) is 6.67. The van der Waals surface area contributed by atoms with E-state index in [1.54, 1.807) is 6.20 Å². The lowest BCUT2D eigenvalue weighted by Gasteiger charge is -2.05. The van der Waals surface area contributed by atoms with E-state index in [1.165, 1.54) is 4.52 Å². The van der Waals surface area contributed by atoms with Crippen LogP contribution in [-0.2, 0) is 0 Å². The van der Waals surface area contributed by atoms with E-state index in [9.17, 15) is 9.59 Å². The summed E-state index contributed by atoms with van der Waals surface area (Å²) in [7, 11) is 0. The van der Waals surface area contributed by atoms with Crippen molar-refractivity contribution in [3.05, 3.63) is 57.5 Å².